The number of carbonyl (C=O) groups excluding carboxylic acids is 1. The van der Waals surface area contributed by atoms with Gasteiger partial charge in [0.05, 0.1) is 16.6 Å². The first-order chi connectivity index (χ1) is 7.09. The first-order valence-corrected chi connectivity index (χ1v) is 5.56. The summed E-state index contributed by atoms with van der Waals surface area (Å²) in [5, 5.41) is 3.52. The number of halogens is 1. The number of amides is 1. The Kier molecular flexibility index (Phi) is 2.70. The zero-order chi connectivity index (χ0) is 11.0. The van der Waals surface area contributed by atoms with Crippen LogP contribution in [0, 0.1) is 5.92 Å². The van der Waals surface area contributed by atoms with Crippen LogP contribution in [0.3, 0.4) is 0 Å². The second kappa shape index (κ2) is 3.86. The summed E-state index contributed by atoms with van der Waals surface area (Å²) in [4.78, 5) is 11.7. The van der Waals surface area contributed by atoms with Crippen LogP contribution in [-0.4, -0.2) is 5.91 Å². The Hall–Kier alpha value is -1.02. The van der Waals surface area contributed by atoms with Gasteiger partial charge in [-0.25, -0.2) is 0 Å². The molecular weight excluding hydrogens is 210 g/mol. The number of nitrogens with one attached hydrogen (secondary N) is 1. The van der Waals surface area contributed by atoms with E-state index in [1.807, 2.05) is 12.1 Å². The highest BCUT2D eigenvalue weighted by atomic mass is 35.5. The van der Waals surface area contributed by atoms with Crippen molar-refractivity contribution < 1.29 is 4.79 Å². The van der Waals surface area contributed by atoms with Gasteiger partial charge in [-0.2, -0.15) is 0 Å². The monoisotopic (exact) mass is 223 g/mol. The van der Waals surface area contributed by atoms with Crippen molar-refractivity contribution in [2.24, 2.45) is 5.92 Å². The normalized spacial score (nSPS) is 19.2. The summed E-state index contributed by atoms with van der Waals surface area (Å²) < 4.78 is 0. The van der Waals surface area contributed by atoms with Crippen LogP contribution in [0.2, 0.25) is 5.02 Å². The van der Waals surface area contributed by atoms with Crippen LogP contribution in [0.1, 0.15) is 42.2 Å². The molecule has 1 aromatic rings. The van der Waals surface area contributed by atoms with Gasteiger partial charge in [-0.3, -0.25) is 4.79 Å². The fourth-order valence-corrected chi connectivity index (χ4v) is 2.30. The smallest absolute Gasteiger partial charge is 0.253 e. The minimum absolute atomic E-state index is 0.0405. The first-order valence-electron chi connectivity index (χ1n) is 5.19. The average molecular weight is 224 g/mol. The molecule has 1 atom stereocenters. The van der Waals surface area contributed by atoms with Gasteiger partial charge in [0.1, 0.15) is 0 Å². The minimum atomic E-state index is -0.0405. The molecular formula is C12H14ClNO. The molecule has 1 heterocycles. The van der Waals surface area contributed by atoms with E-state index in [1.165, 1.54) is 0 Å². The molecule has 15 heavy (non-hydrogen) atoms. The zero-order valence-electron chi connectivity index (χ0n) is 8.88. The number of rotatable bonds is 2. The van der Waals surface area contributed by atoms with E-state index in [-0.39, 0.29) is 11.9 Å². The van der Waals surface area contributed by atoms with Crippen LogP contribution in [0.5, 0.6) is 0 Å². The van der Waals surface area contributed by atoms with E-state index < -0.39 is 0 Å². The number of benzene rings is 1. The van der Waals surface area contributed by atoms with Crippen molar-refractivity contribution in [1.82, 2.24) is 5.32 Å². The molecule has 2 rings (SSSR count). The van der Waals surface area contributed by atoms with E-state index in [0.29, 0.717) is 16.5 Å². The lowest BCUT2D eigenvalue weighted by Gasteiger charge is -2.13. The molecule has 0 bridgehead atoms. The van der Waals surface area contributed by atoms with E-state index in [4.69, 9.17) is 11.6 Å². The first kappa shape index (κ1) is 10.5. The summed E-state index contributed by atoms with van der Waals surface area (Å²) >= 11 is 6.01. The largest absolute Gasteiger partial charge is 0.345 e. The van der Waals surface area contributed by atoms with Crippen molar-refractivity contribution in [1.29, 1.82) is 0 Å². The number of fused-ring (bicyclic) bond motifs is 1. The molecule has 1 N–H and O–H groups in total. The van der Waals surface area contributed by atoms with Crippen molar-refractivity contribution in [3.05, 3.63) is 34.3 Å². The molecule has 1 aromatic carbocycles. The highest BCUT2D eigenvalue weighted by molar-refractivity contribution is 6.34. The van der Waals surface area contributed by atoms with Crippen LogP contribution in [0.4, 0.5) is 0 Å². The Bertz CT molecular complexity index is 401. The van der Waals surface area contributed by atoms with Crippen LogP contribution in [0.25, 0.3) is 0 Å². The summed E-state index contributed by atoms with van der Waals surface area (Å²) in [6.07, 6.45) is 0.957. The van der Waals surface area contributed by atoms with Gasteiger partial charge in [-0.1, -0.05) is 37.6 Å². The standard InChI is InChI=1S/C12H14ClNO/c1-7(2)6-10-8-4-3-5-9(13)11(8)12(15)14-10/h3-5,7,10H,6H2,1-2H3,(H,14,15). The minimum Gasteiger partial charge on any atom is -0.345 e. The van der Waals surface area contributed by atoms with Gasteiger partial charge in [0.15, 0.2) is 0 Å². The second-order valence-electron chi connectivity index (χ2n) is 4.36. The van der Waals surface area contributed by atoms with Crippen molar-refractivity contribution >= 4 is 17.5 Å². The Morgan fingerprint density at radius 2 is 2.20 bits per heavy atom. The fourth-order valence-electron chi connectivity index (χ4n) is 2.04. The quantitative estimate of drug-likeness (QED) is 0.820. The maximum Gasteiger partial charge on any atom is 0.253 e. The topological polar surface area (TPSA) is 29.1 Å². The molecule has 0 aliphatic carbocycles. The van der Waals surface area contributed by atoms with Gasteiger partial charge in [0.25, 0.3) is 5.91 Å². The molecule has 3 heteroatoms. The Morgan fingerprint density at radius 1 is 1.47 bits per heavy atom. The Balaban J connectivity index is 2.38. The molecule has 0 saturated carbocycles. The predicted octanol–water partition coefficient (Wildman–Crippen LogP) is 3.17. The zero-order valence-corrected chi connectivity index (χ0v) is 9.64. The lowest BCUT2D eigenvalue weighted by atomic mass is 9.97. The number of hydrogen-bond acceptors (Lipinski definition) is 1. The van der Waals surface area contributed by atoms with Gasteiger partial charge >= 0.3 is 0 Å². The van der Waals surface area contributed by atoms with Gasteiger partial charge in [-0.15, -0.1) is 0 Å². The van der Waals surface area contributed by atoms with Crippen molar-refractivity contribution in [2.75, 3.05) is 0 Å². The van der Waals surface area contributed by atoms with Gasteiger partial charge in [0, 0.05) is 0 Å². The van der Waals surface area contributed by atoms with Crippen molar-refractivity contribution in [3.63, 3.8) is 0 Å². The van der Waals surface area contributed by atoms with Crippen LogP contribution in [-0.2, 0) is 0 Å². The Morgan fingerprint density at radius 3 is 2.87 bits per heavy atom. The molecule has 1 aliphatic heterocycles. The van der Waals surface area contributed by atoms with Gasteiger partial charge in [0.2, 0.25) is 0 Å². The molecule has 0 fully saturated rings. The maximum absolute atomic E-state index is 11.7. The fraction of sp³-hybridized carbons (Fsp3) is 0.417. The van der Waals surface area contributed by atoms with E-state index in [1.54, 1.807) is 6.07 Å². The molecule has 1 aliphatic rings. The van der Waals surface area contributed by atoms with E-state index in [0.717, 1.165) is 12.0 Å². The molecule has 1 unspecified atom stereocenters. The van der Waals surface area contributed by atoms with Crippen LogP contribution < -0.4 is 5.32 Å². The van der Waals surface area contributed by atoms with Crippen molar-refractivity contribution in [2.45, 2.75) is 26.3 Å². The predicted molar refractivity (Wildman–Crippen MR) is 61.1 cm³/mol. The summed E-state index contributed by atoms with van der Waals surface area (Å²) in [5.74, 6) is 0.515. The van der Waals surface area contributed by atoms with Crippen LogP contribution >= 0.6 is 11.6 Å². The number of hydrogen-bond donors (Lipinski definition) is 1. The third-order valence-corrected chi connectivity index (χ3v) is 2.98. The molecule has 0 saturated heterocycles. The third-order valence-electron chi connectivity index (χ3n) is 2.66. The molecule has 0 radical (unpaired) electrons. The summed E-state index contributed by atoms with van der Waals surface area (Å²) in [6.45, 7) is 4.30. The Labute approximate surface area is 94.6 Å². The summed E-state index contributed by atoms with van der Waals surface area (Å²) in [7, 11) is 0. The highest BCUT2D eigenvalue weighted by Crippen LogP contribution is 2.33. The number of carbonyl (C=O) groups is 1. The van der Waals surface area contributed by atoms with Crippen LogP contribution in [0.15, 0.2) is 18.2 Å². The van der Waals surface area contributed by atoms with E-state index >= 15 is 0 Å². The third kappa shape index (κ3) is 1.86. The summed E-state index contributed by atoms with van der Waals surface area (Å²) in [6, 6.07) is 5.77. The van der Waals surface area contributed by atoms with E-state index in [9.17, 15) is 4.79 Å². The molecule has 0 aromatic heterocycles. The van der Waals surface area contributed by atoms with Gasteiger partial charge in [-0.05, 0) is 24.0 Å². The molecule has 2 nitrogen and oxygen atoms in total. The molecule has 80 valence electrons. The lowest BCUT2D eigenvalue weighted by molar-refractivity contribution is 0.0953. The molecule has 1 amide bonds. The van der Waals surface area contributed by atoms with Crippen molar-refractivity contribution in [3.8, 4) is 0 Å². The second-order valence-corrected chi connectivity index (χ2v) is 4.77. The SMILES string of the molecule is CC(C)CC1NC(=O)c2c(Cl)cccc21. The lowest BCUT2D eigenvalue weighted by Crippen LogP contribution is -2.20. The average Bonchev–Trinajstić information content (AvgIpc) is 2.44. The van der Waals surface area contributed by atoms with Gasteiger partial charge < -0.3 is 5.32 Å². The maximum atomic E-state index is 11.7. The highest BCUT2D eigenvalue weighted by Gasteiger charge is 2.30. The molecule has 0 spiro atoms. The summed E-state index contributed by atoms with van der Waals surface area (Å²) in [5.41, 5.74) is 1.70. The van der Waals surface area contributed by atoms with E-state index in [2.05, 4.69) is 19.2 Å².